The van der Waals surface area contributed by atoms with Crippen molar-refractivity contribution in [2.75, 3.05) is 28.3 Å². The van der Waals surface area contributed by atoms with E-state index in [9.17, 15) is 0 Å². The normalized spacial score (nSPS) is 17.2. The maximum absolute atomic E-state index is 6.09. The summed E-state index contributed by atoms with van der Waals surface area (Å²) in [7, 11) is 7.52. The number of halogens is 1. The topological polar surface area (TPSA) is 60.6 Å². The monoisotopic (exact) mass is 467 g/mol. The molecule has 1 aliphatic rings. The molecule has 0 N–H and O–H groups in total. The highest BCUT2D eigenvalue weighted by Crippen LogP contribution is 2.40. The predicted octanol–water partition coefficient (Wildman–Crippen LogP) is 6.28. The van der Waals surface area contributed by atoms with Crippen LogP contribution < -0.4 is 9.47 Å². The predicted molar refractivity (Wildman–Crippen MR) is 131 cm³/mol. The van der Waals surface area contributed by atoms with E-state index >= 15 is 0 Å². The molecule has 33 heavy (non-hydrogen) atoms. The maximum Gasteiger partial charge on any atom is 0.250 e. The summed E-state index contributed by atoms with van der Waals surface area (Å²) < 4.78 is 16.2. The van der Waals surface area contributed by atoms with Crippen LogP contribution in [0.2, 0.25) is 5.02 Å². The second kappa shape index (κ2) is 10.4. The van der Waals surface area contributed by atoms with E-state index in [0.717, 1.165) is 36.3 Å². The van der Waals surface area contributed by atoms with Gasteiger partial charge in [-0.2, -0.15) is 4.98 Å². The van der Waals surface area contributed by atoms with E-state index in [1.165, 1.54) is 11.1 Å². The van der Waals surface area contributed by atoms with Crippen molar-refractivity contribution >= 4 is 17.7 Å². The SMILES string of the molecule is COc1ccc(-c2noc(C=C3CCC(C(c4ccc(Cl)cc4)N(C)C)CC3)n2)cc1OC. The summed E-state index contributed by atoms with van der Waals surface area (Å²) in [5.74, 6) is 2.96. The quantitative estimate of drug-likeness (QED) is 0.407. The molecule has 1 fully saturated rings. The number of allylic oxidation sites excluding steroid dienone is 1. The van der Waals surface area contributed by atoms with E-state index in [0.29, 0.717) is 35.2 Å². The molecule has 1 atom stereocenters. The third-order valence-electron chi connectivity index (χ3n) is 6.30. The molecule has 4 rings (SSSR count). The molecule has 174 valence electrons. The van der Waals surface area contributed by atoms with Crippen molar-refractivity contribution < 1.29 is 14.0 Å². The second-order valence-corrected chi connectivity index (χ2v) is 9.06. The molecule has 6 nitrogen and oxygen atoms in total. The third kappa shape index (κ3) is 5.40. The van der Waals surface area contributed by atoms with Gasteiger partial charge in [0.1, 0.15) is 0 Å². The summed E-state index contributed by atoms with van der Waals surface area (Å²) in [6.07, 6.45) is 6.33. The van der Waals surface area contributed by atoms with Gasteiger partial charge in [0.05, 0.1) is 14.2 Å². The Hall–Kier alpha value is -2.83. The maximum atomic E-state index is 6.09. The molecule has 0 amide bonds. The minimum Gasteiger partial charge on any atom is -0.493 e. The average molecular weight is 468 g/mol. The van der Waals surface area contributed by atoms with Gasteiger partial charge in [-0.3, -0.25) is 0 Å². The fourth-order valence-electron chi connectivity index (χ4n) is 4.68. The molecule has 2 aromatic carbocycles. The van der Waals surface area contributed by atoms with Crippen LogP contribution in [0.3, 0.4) is 0 Å². The van der Waals surface area contributed by atoms with Gasteiger partial charge in [-0.15, -0.1) is 0 Å². The lowest BCUT2D eigenvalue weighted by molar-refractivity contribution is 0.184. The van der Waals surface area contributed by atoms with Gasteiger partial charge in [-0.05, 0) is 81.6 Å². The Kier molecular flexibility index (Phi) is 7.36. The number of methoxy groups -OCH3 is 2. The van der Waals surface area contributed by atoms with Crippen LogP contribution in [0.25, 0.3) is 17.5 Å². The zero-order valence-electron chi connectivity index (χ0n) is 19.5. The molecule has 0 aliphatic heterocycles. The summed E-state index contributed by atoms with van der Waals surface area (Å²) in [6, 6.07) is 14.2. The first kappa shape index (κ1) is 23.3. The van der Waals surface area contributed by atoms with E-state index in [1.54, 1.807) is 14.2 Å². The molecule has 0 saturated heterocycles. The molecule has 0 spiro atoms. The first-order valence-electron chi connectivity index (χ1n) is 11.2. The number of nitrogens with zero attached hydrogens (tertiary/aromatic N) is 3. The van der Waals surface area contributed by atoms with Crippen molar-refractivity contribution in [3.63, 3.8) is 0 Å². The summed E-state index contributed by atoms with van der Waals surface area (Å²) in [5.41, 5.74) is 3.49. The highest BCUT2D eigenvalue weighted by molar-refractivity contribution is 6.30. The van der Waals surface area contributed by atoms with Crippen molar-refractivity contribution in [1.82, 2.24) is 15.0 Å². The molecule has 1 heterocycles. The van der Waals surface area contributed by atoms with E-state index in [4.69, 9.17) is 25.6 Å². The van der Waals surface area contributed by atoms with E-state index < -0.39 is 0 Å². The Morgan fingerprint density at radius 2 is 1.73 bits per heavy atom. The highest BCUT2D eigenvalue weighted by Gasteiger charge is 2.28. The number of hydrogen-bond acceptors (Lipinski definition) is 6. The minimum absolute atomic E-state index is 0.379. The van der Waals surface area contributed by atoms with Gasteiger partial charge in [-0.25, -0.2) is 0 Å². The summed E-state index contributed by atoms with van der Waals surface area (Å²) in [4.78, 5) is 6.89. The van der Waals surface area contributed by atoms with Crippen LogP contribution in [0.5, 0.6) is 11.5 Å². The summed E-state index contributed by atoms with van der Waals surface area (Å²) in [6.45, 7) is 0. The van der Waals surface area contributed by atoms with Crippen LogP contribution >= 0.6 is 11.6 Å². The Bertz CT molecular complexity index is 1100. The lowest BCUT2D eigenvalue weighted by Gasteiger charge is -2.36. The van der Waals surface area contributed by atoms with Crippen LogP contribution in [-0.2, 0) is 0 Å². The number of aromatic nitrogens is 2. The van der Waals surface area contributed by atoms with Crippen molar-refractivity contribution in [2.45, 2.75) is 31.7 Å². The Morgan fingerprint density at radius 3 is 2.36 bits per heavy atom. The van der Waals surface area contributed by atoms with Gasteiger partial charge >= 0.3 is 0 Å². The van der Waals surface area contributed by atoms with Gasteiger partial charge in [-0.1, -0.05) is 34.5 Å². The largest absolute Gasteiger partial charge is 0.493 e. The van der Waals surface area contributed by atoms with Crippen molar-refractivity contribution in [3.05, 3.63) is 64.5 Å². The zero-order valence-corrected chi connectivity index (χ0v) is 20.3. The fraction of sp³-hybridized carbons (Fsp3) is 0.385. The third-order valence-corrected chi connectivity index (χ3v) is 6.55. The summed E-state index contributed by atoms with van der Waals surface area (Å²) >= 11 is 6.09. The van der Waals surface area contributed by atoms with Crippen molar-refractivity contribution in [2.24, 2.45) is 5.92 Å². The molecule has 0 radical (unpaired) electrons. The fourth-order valence-corrected chi connectivity index (χ4v) is 4.81. The second-order valence-electron chi connectivity index (χ2n) is 8.63. The number of hydrogen-bond donors (Lipinski definition) is 0. The number of ether oxygens (including phenoxy) is 2. The Morgan fingerprint density at radius 1 is 1.03 bits per heavy atom. The number of benzene rings is 2. The number of rotatable bonds is 7. The first-order valence-corrected chi connectivity index (χ1v) is 11.5. The van der Waals surface area contributed by atoms with Crippen LogP contribution in [0, 0.1) is 5.92 Å². The zero-order chi connectivity index (χ0) is 23.4. The van der Waals surface area contributed by atoms with E-state index in [2.05, 4.69) is 41.3 Å². The van der Waals surface area contributed by atoms with E-state index in [1.807, 2.05) is 36.4 Å². The van der Waals surface area contributed by atoms with Crippen LogP contribution in [-0.4, -0.2) is 43.4 Å². The van der Waals surface area contributed by atoms with Gasteiger partial charge < -0.3 is 18.9 Å². The smallest absolute Gasteiger partial charge is 0.250 e. The highest BCUT2D eigenvalue weighted by atomic mass is 35.5. The average Bonchev–Trinajstić information content (AvgIpc) is 3.29. The molecule has 1 unspecified atom stereocenters. The molecular formula is C26H30ClN3O3. The van der Waals surface area contributed by atoms with Crippen molar-refractivity contribution in [1.29, 1.82) is 0 Å². The van der Waals surface area contributed by atoms with Crippen LogP contribution in [0.4, 0.5) is 0 Å². The lowest BCUT2D eigenvalue weighted by Crippen LogP contribution is -2.29. The molecule has 1 aliphatic carbocycles. The van der Waals surface area contributed by atoms with Gasteiger partial charge in [0.25, 0.3) is 5.89 Å². The van der Waals surface area contributed by atoms with Crippen LogP contribution in [0.15, 0.2) is 52.6 Å². The molecule has 0 bridgehead atoms. The van der Waals surface area contributed by atoms with Gasteiger partial charge in [0.2, 0.25) is 5.82 Å². The van der Waals surface area contributed by atoms with Gasteiger partial charge in [0.15, 0.2) is 11.5 Å². The standard InChI is InChI=1S/C26H30ClN3O3/c1-30(2)25(19-9-12-21(27)13-10-19)18-7-5-17(6-8-18)15-24-28-26(29-33-24)20-11-14-22(31-3)23(16-20)32-4/h9-16,18,25H,5-8H2,1-4H3. The summed E-state index contributed by atoms with van der Waals surface area (Å²) in [5, 5.41) is 4.93. The molecule has 3 aromatic rings. The Labute approximate surface area is 200 Å². The minimum atomic E-state index is 0.379. The lowest BCUT2D eigenvalue weighted by atomic mass is 9.78. The Balaban J connectivity index is 1.44. The molecule has 7 heteroatoms. The van der Waals surface area contributed by atoms with Gasteiger partial charge in [0, 0.05) is 22.7 Å². The van der Waals surface area contributed by atoms with E-state index in [-0.39, 0.29) is 0 Å². The first-order chi connectivity index (χ1) is 16.0. The van der Waals surface area contributed by atoms with Crippen LogP contribution in [0.1, 0.15) is 43.2 Å². The molecule has 1 aromatic heterocycles. The van der Waals surface area contributed by atoms with Crippen molar-refractivity contribution in [3.8, 4) is 22.9 Å². The molecular weight excluding hydrogens is 438 g/mol. The molecule has 1 saturated carbocycles.